The molecule has 1 heterocycles. The zero-order chi connectivity index (χ0) is 11.5. The van der Waals surface area contributed by atoms with Gasteiger partial charge in [-0.05, 0) is 6.42 Å². The predicted octanol–water partition coefficient (Wildman–Crippen LogP) is 1.77. The first-order valence-corrected chi connectivity index (χ1v) is 4.21. The molecule has 0 unspecified atom stereocenters. The van der Waals surface area contributed by atoms with Crippen LogP contribution in [0, 0.1) is 0 Å². The van der Waals surface area contributed by atoms with E-state index in [1.54, 1.807) is 0 Å². The summed E-state index contributed by atoms with van der Waals surface area (Å²) in [5.74, 6) is -0.974. The molecule has 15 heavy (non-hydrogen) atoms. The third-order valence-corrected chi connectivity index (χ3v) is 1.74. The number of aromatic nitrogens is 2. The summed E-state index contributed by atoms with van der Waals surface area (Å²) in [5, 5.41) is 11.8. The van der Waals surface area contributed by atoms with Crippen LogP contribution >= 0.6 is 0 Å². The normalized spacial score (nSPS) is 11.7. The number of alkyl halides is 3. The van der Waals surface area contributed by atoms with Crippen LogP contribution in [0.5, 0.6) is 0 Å². The van der Waals surface area contributed by atoms with Crippen LogP contribution in [0.3, 0.4) is 0 Å². The van der Waals surface area contributed by atoms with E-state index in [-0.39, 0.29) is 19.4 Å². The van der Waals surface area contributed by atoms with E-state index in [0.29, 0.717) is 0 Å². The van der Waals surface area contributed by atoms with Gasteiger partial charge in [0.25, 0.3) is 0 Å². The van der Waals surface area contributed by atoms with Crippen molar-refractivity contribution in [2.45, 2.75) is 25.6 Å². The number of halogens is 3. The van der Waals surface area contributed by atoms with Crippen LogP contribution in [0.4, 0.5) is 13.2 Å². The van der Waals surface area contributed by atoms with Crippen molar-refractivity contribution in [2.24, 2.45) is 0 Å². The number of hydrogen-bond donors (Lipinski definition) is 1. The Labute approximate surface area is 83.3 Å². The molecule has 0 amide bonds. The first-order chi connectivity index (χ1) is 6.89. The molecule has 0 fully saturated rings. The topological polar surface area (TPSA) is 55.1 Å². The van der Waals surface area contributed by atoms with E-state index in [1.165, 1.54) is 0 Å². The van der Waals surface area contributed by atoms with Gasteiger partial charge < -0.3 is 5.11 Å². The highest BCUT2D eigenvalue weighted by atomic mass is 19.4. The van der Waals surface area contributed by atoms with Gasteiger partial charge in [-0.15, -0.1) is 0 Å². The standard InChI is InChI=1S/C8H9F3N2O2/c9-8(10,11)6-4-12-13(5-6)3-1-2-7(14)15/h4-5H,1-3H2,(H,14,15). The zero-order valence-electron chi connectivity index (χ0n) is 7.66. The van der Waals surface area contributed by atoms with E-state index >= 15 is 0 Å². The van der Waals surface area contributed by atoms with E-state index in [2.05, 4.69) is 5.10 Å². The summed E-state index contributed by atoms with van der Waals surface area (Å²) in [6.45, 7) is 0.169. The van der Waals surface area contributed by atoms with Crippen LogP contribution in [0.15, 0.2) is 12.4 Å². The van der Waals surface area contributed by atoms with Gasteiger partial charge in [0.1, 0.15) is 0 Å². The van der Waals surface area contributed by atoms with Crippen molar-refractivity contribution < 1.29 is 23.1 Å². The van der Waals surface area contributed by atoms with Gasteiger partial charge in [-0.25, -0.2) is 0 Å². The van der Waals surface area contributed by atoms with Crippen molar-refractivity contribution in [1.29, 1.82) is 0 Å². The first kappa shape index (κ1) is 11.5. The summed E-state index contributed by atoms with van der Waals surface area (Å²) in [5.41, 5.74) is -0.821. The van der Waals surface area contributed by atoms with Gasteiger partial charge in [-0.3, -0.25) is 9.48 Å². The van der Waals surface area contributed by atoms with Crippen LogP contribution in [-0.4, -0.2) is 20.9 Å². The number of nitrogens with zero attached hydrogens (tertiary/aromatic N) is 2. The highest BCUT2D eigenvalue weighted by molar-refractivity contribution is 5.66. The molecular weight excluding hydrogens is 213 g/mol. The van der Waals surface area contributed by atoms with Crippen molar-refractivity contribution in [3.8, 4) is 0 Å². The largest absolute Gasteiger partial charge is 0.481 e. The zero-order valence-corrected chi connectivity index (χ0v) is 7.66. The number of aryl methyl sites for hydroxylation is 1. The number of carboxylic acids is 1. The fourth-order valence-electron chi connectivity index (χ4n) is 1.02. The van der Waals surface area contributed by atoms with Crippen molar-refractivity contribution in [3.63, 3.8) is 0 Å². The molecule has 1 aromatic heterocycles. The second kappa shape index (κ2) is 4.33. The van der Waals surface area contributed by atoms with E-state index < -0.39 is 17.7 Å². The monoisotopic (exact) mass is 222 g/mol. The van der Waals surface area contributed by atoms with Crippen LogP contribution < -0.4 is 0 Å². The van der Waals surface area contributed by atoms with Gasteiger partial charge in [0.05, 0.1) is 11.8 Å². The van der Waals surface area contributed by atoms with E-state index in [9.17, 15) is 18.0 Å². The molecule has 0 saturated carbocycles. The summed E-state index contributed by atoms with van der Waals surface area (Å²) in [6.07, 6.45) is -2.64. The van der Waals surface area contributed by atoms with E-state index in [1.807, 2.05) is 0 Å². The Bertz CT molecular complexity index is 346. The summed E-state index contributed by atoms with van der Waals surface area (Å²) >= 11 is 0. The molecule has 1 rings (SSSR count). The maximum atomic E-state index is 12.1. The van der Waals surface area contributed by atoms with Crippen molar-refractivity contribution >= 4 is 5.97 Å². The summed E-state index contributed by atoms with van der Waals surface area (Å²) in [6, 6.07) is 0. The van der Waals surface area contributed by atoms with Crippen molar-refractivity contribution in [1.82, 2.24) is 9.78 Å². The lowest BCUT2D eigenvalue weighted by Gasteiger charge is -2.01. The lowest BCUT2D eigenvalue weighted by atomic mass is 10.3. The van der Waals surface area contributed by atoms with Gasteiger partial charge in [0.15, 0.2) is 0 Å². The Morgan fingerprint density at radius 3 is 2.67 bits per heavy atom. The second-order valence-electron chi connectivity index (χ2n) is 2.99. The first-order valence-electron chi connectivity index (χ1n) is 4.21. The third-order valence-electron chi connectivity index (χ3n) is 1.74. The molecule has 7 heteroatoms. The van der Waals surface area contributed by atoms with Crippen LogP contribution in [-0.2, 0) is 17.5 Å². The molecule has 1 aromatic rings. The number of carbonyl (C=O) groups is 1. The minimum atomic E-state index is -4.40. The van der Waals surface area contributed by atoms with Gasteiger partial charge in [-0.2, -0.15) is 18.3 Å². The molecule has 0 bridgehead atoms. The van der Waals surface area contributed by atoms with Crippen LogP contribution in [0.25, 0.3) is 0 Å². The van der Waals surface area contributed by atoms with E-state index in [0.717, 1.165) is 17.1 Å². The van der Waals surface area contributed by atoms with E-state index in [4.69, 9.17) is 5.11 Å². The molecule has 0 aliphatic carbocycles. The molecule has 0 aliphatic heterocycles. The molecule has 84 valence electrons. The van der Waals surface area contributed by atoms with Gasteiger partial charge in [0.2, 0.25) is 0 Å². The fourth-order valence-corrected chi connectivity index (χ4v) is 1.02. The highest BCUT2D eigenvalue weighted by Gasteiger charge is 2.32. The van der Waals surface area contributed by atoms with Crippen LogP contribution in [0.2, 0.25) is 0 Å². The van der Waals surface area contributed by atoms with Gasteiger partial charge in [-0.1, -0.05) is 0 Å². The summed E-state index contributed by atoms with van der Waals surface area (Å²) in [7, 11) is 0. The molecule has 0 aromatic carbocycles. The average molecular weight is 222 g/mol. The Kier molecular flexibility index (Phi) is 3.33. The van der Waals surface area contributed by atoms with Gasteiger partial charge in [0, 0.05) is 19.2 Å². The Balaban J connectivity index is 2.50. The average Bonchev–Trinajstić information content (AvgIpc) is 2.51. The number of carboxylic acid groups (broad SMARTS) is 1. The molecule has 0 saturated heterocycles. The SMILES string of the molecule is O=C(O)CCCn1cc(C(F)(F)F)cn1. The Morgan fingerprint density at radius 2 is 2.20 bits per heavy atom. The van der Waals surface area contributed by atoms with Crippen molar-refractivity contribution in [3.05, 3.63) is 18.0 Å². The quantitative estimate of drug-likeness (QED) is 0.844. The number of hydrogen-bond acceptors (Lipinski definition) is 2. The third kappa shape index (κ3) is 3.61. The maximum absolute atomic E-state index is 12.1. The lowest BCUT2D eigenvalue weighted by molar-refractivity contribution is -0.138. The van der Waals surface area contributed by atoms with Gasteiger partial charge >= 0.3 is 12.1 Å². The highest BCUT2D eigenvalue weighted by Crippen LogP contribution is 2.28. The Morgan fingerprint density at radius 1 is 1.53 bits per heavy atom. The molecule has 0 spiro atoms. The molecule has 0 atom stereocenters. The molecule has 4 nitrogen and oxygen atoms in total. The summed E-state index contributed by atoms with van der Waals surface area (Å²) in [4.78, 5) is 10.1. The minimum Gasteiger partial charge on any atom is -0.481 e. The molecule has 1 N–H and O–H groups in total. The summed E-state index contributed by atoms with van der Waals surface area (Å²) < 4.78 is 37.4. The molecule has 0 radical (unpaired) electrons. The maximum Gasteiger partial charge on any atom is 0.419 e. The minimum absolute atomic E-state index is 0.0821. The molecule has 0 aliphatic rings. The number of aliphatic carboxylic acids is 1. The van der Waals surface area contributed by atoms with Crippen molar-refractivity contribution in [2.75, 3.05) is 0 Å². The molecular formula is C8H9F3N2O2. The lowest BCUT2D eigenvalue weighted by Crippen LogP contribution is -2.04. The predicted molar refractivity (Wildman–Crippen MR) is 44.1 cm³/mol. The van der Waals surface area contributed by atoms with Crippen LogP contribution in [0.1, 0.15) is 18.4 Å². The second-order valence-corrected chi connectivity index (χ2v) is 2.99. The smallest absolute Gasteiger partial charge is 0.419 e. The number of rotatable bonds is 4. The fraction of sp³-hybridized carbons (Fsp3) is 0.500. The Hall–Kier alpha value is -1.53.